The van der Waals surface area contributed by atoms with Gasteiger partial charge in [-0.2, -0.15) is 0 Å². The molecule has 0 saturated heterocycles. The molecule has 1 aliphatic carbocycles. The fourth-order valence-corrected chi connectivity index (χ4v) is 7.00. The summed E-state index contributed by atoms with van der Waals surface area (Å²) in [6, 6.07) is 33.7. The van der Waals surface area contributed by atoms with Crippen molar-refractivity contribution in [2.24, 2.45) is 0 Å². The lowest BCUT2D eigenvalue weighted by Crippen LogP contribution is -2.14. The summed E-state index contributed by atoms with van der Waals surface area (Å²) in [4.78, 5) is 4.58. The monoisotopic (exact) mass is 466 g/mol. The highest BCUT2D eigenvalue weighted by molar-refractivity contribution is 7.16. The summed E-state index contributed by atoms with van der Waals surface area (Å²) in [6.45, 7) is 4.70. The number of benzene rings is 5. The van der Waals surface area contributed by atoms with Gasteiger partial charge in [-0.1, -0.05) is 74.5 Å². The molecule has 0 N–H and O–H groups in total. The van der Waals surface area contributed by atoms with Gasteiger partial charge in [0.05, 0.1) is 26.8 Å². The van der Waals surface area contributed by atoms with Gasteiger partial charge < -0.3 is 4.57 Å². The number of nitrogens with zero attached hydrogens (tertiary/aromatic N) is 2. The topological polar surface area (TPSA) is 17.8 Å². The number of hydrogen-bond donors (Lipinski definition) is 0. The van der Waals surface area contributed by atoms with Crippen LogP contribution in [0.2, 0.25) is 0 Å². The smallest absolute Gasteiger partial charge is 0.0832 e. The van der Waals surface area contributed by atoms with Crippen molar-refractivity contribution in [2.75, 3.05) is 0 Å². The molecule has 1 aliphatic rings. The number of para-hydroxylation sites is 1. The second kappa shape index (κ2) is 6.59. The van der Waals surface area contributed by atoms with Gasteiger partial charge in [0.25, 0.3) is 0 Å². The van der Waals surface area contributed by atoms with E-state index in [2.05, 4.69) is 114 Å². The normalized spacial score (nSPS) is 14.2. The minimum Gasteiger partial charge on any atom is -0.309 e. The second-order valence-corrected chi connectivity index (χ2v) is 11.0. The Morgan fingerprint density at radius 2 is 1.54 bits per heavy atom. The molecule has 0 spiro atoms. The molecule has 0 saturated carbocycles. The molecular formula is C32H22N2S. The zero-order valence-electron chi connectivity index (χ0n) is 19.5. The molecule has 8 rings (SSSR count). The van der Waals surface area contributed by atoms with Crippen LogP contribution in [-0.4, -0.2) is 9.55 Å². The molecule has 7 aromatic rings. The minimum absolute atomic E-state index is 0.00597. The molecular weight excluding hydrogens is 444 g/mol. The molecule has 5 aromatic carbocycles. The van der Waals surface area contributed by atoms with Crippen molar-refractivity contribution in [1.29, 1.82) is 0 Å². The first-order valence-corrected chi connectivity index (χ1v) is 12.9. The van der Waals surface area contributed by atoms with Crippen LogP contribution in [0.1, 0.15) is 25.0 Å². The van der Waals surface area contributed by atoms with Crippen LogP contribution >= 0.6 is 11.3 Å². The van der Waals surface area contributed by atoms with E-state index in [4.69, 9.17) is 0 Å². The van der Waals surface area contributed by atoms with E-state index in [1.165, 1.54) is 59.5 Å². The third-order valence-electron chi connectivity index (χ3n) is 7.95. The Kier molecular flexibility index (Phi) is 3.64. The fraction of sp³-hybridized carbons (Fsp3) is 0.0938. The maximum Gasteiger partial charge on any atom is 0.0832 e. The highest BCUT2D eigenvalue weighted by Gasteiger charge is 2.36. The van der Waals surface area contributed by atoms with E-state index < -0.39 is 0 Å². The van der Waals surface area contributed by atoms with E-state index >= 15 is 0 Å². The molecule has 0 aliphatic heterocycles. The van der Waals surface area contributed by atoms with Gasteiger partial charge in [-0.05, 0) is 63.4 Å². The van der Waals surface area contributed by atoms with Crippen molar-refractivity contribution < 1.29 is 0 Å². The lowest BCUT2D eigenvalue weighted by atomic mass is 9.82. The van der Waals surface area contributed by atoms with Crippen molar-refractivity contribution in [1.82, 2.24) is 9.55 Å². The van der Waals surface area contributed by atoms with Gasteiger partial charge in [0.1, 0.15) is 0 Å². The summed E-state index contributed by atoms with van der Waals surface area (Å²) >= 11 is 1.69. The number of thiazole rings is 1. The van der Waals surface area contributed by atoms with Gasteiger partial charge in [0, 0.05) is 21.9 Å². The Morgan fingerprint density at radius 1 is 0.714 bits per heavy atom. The average Bonchev–Trinajstić information content (AvgIpc) is 3.55. The Morgan fingerprint density at radius 3 is 2.49 bits per heavy atom. The van der Waals surface area contributed by atoms with E-state index in [0.717, 1.165) is 11.2 Å². The molecule has 0 unspecified atom stereocenters. The second-order valence-electron chi connectivity index (χ2n) is 10.1. The molecule has 0 bridgehead atoms. The van der Waals surface area contributed by atoms with Crippen LogP contribution in [0.25, 0.3) is 59.6 Å². The molecule has 0 atom stereocenters. The molecule has 35 heavy (non-hydrogen) atoms. The van der Waals surface area contributed by atoms with Crippen LogP contribution < -0.4 is 0 Å². The largest absolute Gasteiger partial charge is 0.309 e. The van der Waals surface area contributed by atoms with E-state index in [-0.39, 0.29) is 5.41 Å². The first-order chi connectivity index (χ1) is 17.1. The van der Waals surface area contributed by atoms with Gasteiger partial charge in [0.2, 0.25) is 0 Å². The Labute approximate surface area is 207 Å². The highest BCUT2D eigenvalue weighted by Crippen LogP contribution is 2.52. The molecule has 2 heterocycles. The fourth-order valence-electron chi connectivity index (χ4n) is 6.34. The summed E-state index contributed by atoms with van der Waals surface area (Å²) in [5.74, 6) is 0. The number of aromatic nitrogens is 2. The first kappa shape index (κ1) is 19.4. The Bertz CT molecular complexity index is 1990. The highest BCUT2D eigenvalue weighted by atomic mass is 32.1. The Hall–Kier alpha value is -3.95. The zero-order valence-corrected chi connectivity index (χ0v) is 20.4. The molecule has 2 aromatic heterocycles. The Balaban J connectivity index is 1.52. The third-order valence-corrected chi connectivity index (χ3v) is 8.76. The maximum absolute atomic E-state index is 4.58. The molecule has 3 heteroatoms. The van der Waals surface area contributed by atoms with E-state index in [1.54, 1.807) is 11.3 Å². The van der Waals surface area contributed by atoms with Crippen molar-refractivity contribution >= 4 is 54.1 Å². The summed E-state index contributed by atoms with van der Waals surface area (Å²) in [7, 11) is 0. The van der Waals surface area contributed by atoms with Gasteiger partial charge in [0.15, 0.2) is 0 Å². The van der Waals surface area contributed by atoms with Crippen LogP contribution in [0.15, 0.2) is 96.5 Å². The van der Waals surface area contributed by atoms with Crippen molar-refractivity contribution in [2.45, 2.75) is 19.3 Å². The number of rotatable bonds is 1. The zero-order chi connectivity index (χ0) is 23.3. The van der Waals surface area contributed by atoms with Crippen molar-refractivity contribution in [3.8, 4) is 16.8 Å². The number of hydrogen-bond acceptors (Lipinski definition) is 2. The van der Waals surface area contributed by atoms with Crippen LogP contribution in [0.4, 0.5) is 0 Å². The van der Waals surface area contributed by atoms with Crippen molar-refractivity contribution in [3.05, 3.63) is 108 Å². The lowest BCUT2D eigenvalue weighted by molar-refractivity contribution is 0.661. The maximum atomic E-state index is 4.58. The first-order valence-electron chi connectivity index (χ1n) is 12.1. The molecule has 2 nitrogen and oxygen atoms in total. The SMILES string of the molecule is CC1(C)c2ccccc2-c2c1ccc1c2ccc2c1c1ccccc1n2-c1ccc2scnc2c1. The summed E-state index contributed by atoms with van der Waals surface area (Å²) in [5, 5.41) is 5.27. The molecule has 0 fully saturated rings. The predicted molar refractivity (Wildman–Crippen MR) is 149 cm³/mol. The quantitative estimate of drug-likeness (QED) is 0.236. The molecule has 0 radical (unpaired) electrons. The van der Waals surface area contributed by atoms with E-state index in [1.807, 2.05) is 5.51 Å². The van der Waals surface area contributed by atoms with Gasteiger partial charge in [-0.3, -0.25) is 0 Å². The number of fused-ring (bicyclic) bond motifs is 10. The van der Waals surface area contributed by atoms with Gasteiger partial charge in [-0.15, -0.1) is 11.3 Å². The lowest BCUT2D eigenvalue weighted by Gasteiger charge is -2.21. The summed E-state index contributed by atoms with van der Waals surface area (Å²) in [5.41, 5.74) is 12.2. The average molecular weight is 467 g/mol. The predicted octanol–water partition coefficient (Wildman–Crippen LogP) is 8.85. The van der Waals surface area contributed by atoms with E-state index in [9.17, 15) is 0 Å². The van der Waals surface area contributed by atoms with Crippen LogP contribution in [0.3, 0.4) is 0 Å². The minimum atomic E-state index is 0.00597. The van der Waals surface area contributed by atoms with Crippen LogP contribution in [-0.2, 0) is 5.41 Å². The third kappa shape index (κ3) is 2.41. The van der Waals surface area contributed by atoms with E-state index in [0.29, 0.717) is 0 Å². The van der Waals surface area contributed by atoms with Crippen LogP contribution in [0.5, 0.6) is 0 Å². The van der Waals surface area contributed by atoms with Gasteiger partial charge >= 0.3 is 0 Å². The standard InChI is InChI=1S/C32H22N2S/c1-32(2)24-9-5-3-7-22(24)30-20-13-15-28-31(21(20)12-14-25(30)32)23-8-4-6-10-27(23)34(28)19-11-16-29-26(17-19)33-18-35-29/h3-18H,1-2H3. The van der Waals surface area contributed by atoms with Gasteiger partial charge in [-0.25, -0.2) is 4.98 Å². The van der Waals surface area contributed by atoms with Crippen LogP contribution in [0, 0.1) is 0 Å². The summed E-state index contributed by atoms with van der Waals surface area (Å²) in [6.07, 6.45) is 0. The summed E-state index contributed by atoms with van der Waals surface area (Å²) < 4.78 is 3.62. The molecule has 0 amide bonds. The molecule has 166 valence electrons. The van der Waals surface area contributed by atoms with Crippen molar-refractivity contribution in [3.63, 3.8) is 0 Å².